The molecule has 0 aliphatic heterocycles. The molecule has 1 atom stereocenters. The molecular formula is C9H15IN2O. The normalized spacial score (nSPS) is 13.2. The van der Waals surface area contributed by atoms with Crippen LogP contribution in [0.4, 0.5) is 0 Å². The SMILES string of the molecule is CCC(Cc1c(I)cnn1C)OC. The van der Waals surface area contributed by atoms with Crippen LogP contribution in [-0.4, -0.2) is 23.0 Å². The van der Waals surface area contributed by atoms with Gasteiger partial charge in [0.15, 0.2) is 0 Å². The minimum Gasteiger partial charge on any atom is -0.381 e. The van der Waals surface area contributed by atoms with Crippen molar-refractivity contribution < 1.29 is 4.74 Å². The Balaban J connectivity index is 2.72. The Morgan fingerprint density at radius 2 is 2.38 bits per heavy atom. The maximum atomic E-state index is 5.34. The van der Waals surface area contributed by atoms with Crippen molar-refractivity contribution in [1.29, 1.82) is 0 Å². The van der Waals surface area contributed by atoms with E-state index in [1.165, 1.54) is 9.26 Å². The van der Waals surface area contributed by atoms with Gasteiger partial charge in [-0.1, -0.05) is 6.92 Å². The molecule has 1 aromatic rings. The summed E-state index contributed by atoms with van der Waals surface area (Å²) in [5.74, 6) is 0. The predicted molar refractivity (Wildman–Crippen MR) is 60.7 cm³/mol. The van der Waals surface area contributed by atoms with E-state index < -0.39 is 0 Å². The molecule has 1 heterocycles. The third kappa shape index (κ3) is 2.67. The molecule has 0 fully saturated rings. The van der Waals surface area contributed by atoms with Crippen LogP contribution in [0.1, 0.15) is 19.0 Å². The second-order valence-corrected chi connectivity index (χ2v) is 4.20. The number of hydrogen-bond acceptors (Lipinski definition) is 2. The standard InChI is InChI=1S/C9H15IN2O/c1-4-7(13-3)5-9-8(10)6-11-12(9)2/h6-7H,4-5H2,1-3H3. The van der Waals surface area contributed by atoms with Crippen molar-refractivity contribution in [2.24, 2.45) is 7.05 Å². The highest BCUT2D eigenvalue weighted by atomic mass is 127. The average molecular weight is 294 g/mol. The lowest BCUT2D eigenvalue weighted by atomic mass is 10.1. The lowest BCUT2D eigenvalue weighted by molar-refractivity contribution is 0.0980. The van der Waals surface area contributed by atoms with Crippen LogP contribution in [0.3, 0.4) is 0 Å². The highest BCUT2D eigenvalue weighted by Gasteiger charge is 2.11. The van der Waals surface area contributed by atoms with Gasteiger partial charge in [0, 0.05) is 20.6 Å². The molecule has 0 radical (unpaired) electrons. The van der Waals surface area contributed by atoms with E-state index in [4.69, 9.17) is 4.74 Å². The molecule has 1 unspecified atom stereocenters. The number of rotatable bonds is 4. The summed E-state index contributed by atoms with van der Waals surface area (Å²) in [5, 5.41) is 4.19. The molecule has 0 bridgehead atoms. The van der Waals surface area contributed by atoms with Crippen LogP contribution in [0, 0.1) is 3.57 Å². The number of hydrogen-bond donors (Lipinski definition) is 0. The summed E-state index contributed by atoms with van der Waals surface area (Å²) in [5.41, 5.74) is 1.26. The minimum atomic E-state index is 0.309. The van der Waals surface area contributed by atoms with Crippen LogP contribution in [0.2, 0.25) is 0 Å². The third-order valence-electron chi connectivity index (χ3n) is 2.22. The largest absolute Gasteiger partial charge is 0.381 e. The average Bonchev–Trinajstić information content (AvgIpc) is 2.44. The summed E-state index contributed by atoms with van der Waals surface area (Å²) in [4.78, 5) is 0. The van der Waals surface area contributed by atoms with E-state index in [-0.39, 0.29) is 0 Å². The van der Waals surface area contributed by atoms with Gasteiger partial charge in [0.1, 0.15) is 0 Å². The minimum absolute atomic E-state index is 0.309. The first-order valence-electron chi connectivity index (χ1n) is 4.38. The van der Waals surface area contributed by atoms with Crippen LogP contribution in [0.15, 0.2) is 6.20 Å². The van der Waals surface area contributed by atoms with E-state index in [1.54, 1.807) is 7.11 Å². The summed E-state index contributed by atoms with van der Waals surface area (Å²) in [6.07, 6.45) is 4.18. The molecule has 1 rings (SSSR count). The molecule has 0 saturated carbocycles. The fourth-order valence-corrected chi connectivity index (χ4v) is 1.97. The van der Waals surface area contributed by atoms with E-state index in [1.807, 2.05) is 17.9 Å². The Bertz CT molecular complexity index is 249. The Kier molecular flexibility index (Phi) is 4.18. The highest BCUT2D eigenvalue weighted by Crippen LogP contribution is 2.14. The first kappa shape index (κ1) is 11.0. The molecule has 3 nitrogen and oxygen atoms in total. The maximum absolute atomic E-state index is 5.34. The Morgan fingerprint density at radius 1 is 1.69 bits per heavy atom. The Morgan fingerprint density at radius 3 is 2.77 bits per heavy atom. The number of ether oxygens (including phenoxy) is 1. The summed E-state index contributed by atoms with van der Waals surface area (Å²) in [6, 6.07) is 0. The van der Waals surface area contributed by atoms with Gasteiger partial charge in [-0.2, -0.15) is 5.10 Å². The molecule has 0 aromatic carbocycles. The van der Waals surface area contributed by atoms with Gasteiger partial charge in [0.25, 0.3) is 0 Å². The highest BCUT2D eigenvalue weighted by molar-refractivity contribution is 14.1. The predicted octanol–water partition coefficient (Wildman–Crippen LogP) is 1.99. The topological polar surface area (TPSA) is 27.1 Å². The van der Waals surface area contributed by atoms with Crippen LogP contribution >= 0.6 is 22.6 Å². The smallest absolute Gasteiger partial charge is 0.0626 e. The van der Waals surface area contributed by atoms with Gasteiger partial charge in [-0.15, -0.1) is 0 Å². The molecule has 0 amide bonds. The second-order valence-electron chi connectivity index (χ2n) is 3.03. The second kappa shape index (κ2) is 4.95. The van der Waals surface area contributed by atoms with Crippen molar-refractivity contribution in [1.82, 2.24) is 9.78 Å². The van der Waals surface area contributed by atoms with Crippen LogP contribution in [0.5, 0.6) is 0 Å². The summed E-state index contributed by atoms with van der Waals surface area (Å²) < 4.78 is 8.48. The summed E-state index contributed by atoms with van der Waals surface area (Å²) >= 11 is 2.31. The third-order valence-corrected chi connectivity index (χ3v) is 3.12. The monoisotopic (exact) mass is 294 g/mol. The van der Waals surface area contributed by atoms with E-state index >= 15 is 0 Å². The fraction of sp³-hybridized carbons (Fsp3) is 0.667. The number of aromatic nitrogens is 2. The first-order valence-corrected chi connectivity index (χ1v) is 5.46. The van der Waals surface area contributed by atoms with Gasteiger partial charge in [0.05, 0.1) is 21.6 Å². The number of aryl methyl sites for hydroxylation is 1. The Hall–Kier alpha value is -0.100. The van der Waals surface area contributed by atoms with Crippen molar-refractivity contribution in [2.75, 3.05) is 7.11 Å². The number of methoxy groups -OCH3 is 1. The van der Waals surface area contributed by atoms with Gasteiger partial charge in [-0.25, -0.2) is 0 Å². The van der Waals surface area contributed by atoms with Crippen molar-refractivity contribution in [3.63, 3.8) is 0 Å². The van der Waals surface area contributed by atoms with Gasteiger partial charge in [0.2, 0.25) is 0 Å². The van der Waals surface area contributed by atoms with Gasteiger partial charge in [-0.05, 0) is 29.0 Å². The number of halogens is 1. The molecule has 0 aliphatic rings. The van der Waals surface area contributed by atoms with E-state index in [2.05, 4.69) is 34.6 Å². The molecule has 0 N–H and O–H groups in total. The summed E-state index contributed by atoms with van der Waals surface area (Å²) in [6.45, 7) is 2.14. The zero-order valence-corrected chi connectivity index (χ0v) is 10.4. The van der Waals surface area contributed by atoms with Crippen LogP contribution in [-0.2, 0) is 18.2 Å². The van der Waals surface area contributed by atoms with Crippen LogP contribution < -0.4 is 0 Å². The van der Waals surface area contributed by atoms with Gasteiger partial charge in [-0.3, -0.25) is 4.68 Å². The van der Waals surface area contributed by atoms with E-state index in [0.29, 0.717) is 6.10 Å². The van der Waals surface area contributed by atoms with Crippen molar-refractivity contribution >= 4 is 22.6 Å². The Labute approximate surface area is 92.6 Å². The zero-order valence-electron chi connectivity index (χ0n) is 8.25. The lowest BCUT2D eigenvalue weighted by Crippen LogP contribution is -2.15. The van der Waals surface area contributed by atoms with E-state index in [9.17, 15) is 0 Å². The molecule has 74 valence electrons. The van der Waals surface area contributed by atoms with Crippen molar-refractivity contribution in [3.8, 4) is 0 Å². The molecule has 0 saturated heterocycles. The molecule has 4 heteroatoms. The quantitative estimate of drug-likeness (QED) is 0.794. The summed E-state index contributed by atoms with van der Waals surface area (Å²) in [7, 11) is 3.73. The van der Waals surface area contributed by atoms with Crippen LogP contribution in [0.25, 0.3) is 0 Å². The molecule has 13 heavy (non-hydrogen) atoms. The fourth-order valence-electron chi connectivity index (χ4n) is 1.28. The van der Waals surface area contributed by atoms with Gasteiger partial charge < -0.3 is 4.74 Å². The zero-order chi connectivity index (χ0) is 9.84. The lowest BCUT2D eigenvalue weighted by Gasteiger charge is -2.13. The van der Waals surface area contributed by atoms with Crippen molar-refractivity contribution in [3.05, 3.63) is 15.5 Å². The molecular weight excluding hydrogens is 279 g/mol. The van der Waals surface area contributed by atoms with Crippen molar-refractivity contribution in [2.45, 2.75) is 25.9 Å². The number of nitrogens with zero attached hydrogens (tertiary/aromatic N) is 2. The molecule has 0 aliphatic carbocycles. The van der Waals surface area contributed by atoms with E-state index in [0.717, 1.165) is 12.8 Å². The molecule has 0 spiro atoms. The van der Waals surface area contributed by atoms with Gasteiger partial charge >= 0.3 is 0 Å². The first-order chi connectivity index (χ1) is 6.19. The maximum Gasteiger partial charge on any atom is 0.0626 e. The molecule has 1 aromatic heterocycles.